The number of rotatable bonds is 6. The van der Waals surface area contributed by atoms with Crippen LogP contribution in [-0.4, -0.2) is 46.4 Å². The van der Waals surface area contributed by atoms with Gasteiger partial charge in [-0.25, -0.2) is 0 Å². The topological polar surface area (TPSA) is 92.2 Å². The monoisotopic (exact) mass is 227 g/mol. The molecule has 0 amide bonds. The molecule has 90 valence electrons. The quantitative estimate of drug-likeness (QED) is 0.635. The first-order valence-corrected chi connectivity index (χ1v) is 5.14. The Morgan fingerprint density at radius 3 is 2.56 bits per heavy atom. The van der Waals surface area contributed by atoms with Gasteiger partial charge in [0.25, 0.3) is 0 Å². The molecule has 1 rings (SSSR count). The highest BCUT2D eigenvalue weighted by Crippen LogP contribution is 2.10. The summed E-state index contributed by atoms with van der Waals surface area (Å²) in [5, 5.41) is 14.8. The molecule has 7 nitrogen and oxygen atoms in total. The zero-order chi connectivity index (χ0) is 12.0. The van der Waals surface area contributed by atoms with Crippen LogP contribution < -0.4 is 15.4 Å². The van der Waals surface area contributed by atoms with E-state index < -0.39 is 6.10 Å². The van der Waals surface area contributed by atoms with Gasteiger partial charge < -0.3 is 20.5 Å². The number of nitrogens with one attached hydrogen (secondary N) is 2. The normalized spacial score (nSPS) is 12.0. The van der Waals surface area contributed by atoms with Crippen molar-refractivity contribution >= 4 is 11.9 Å². The van der Waals surface area contributed by atoms with Crippen molar-refractivity contribution in [2.75, 3.05) is 30.8 Å². The lowest BCUT2D eigenvalue weighted by Crippen LogP contribution is -2.18. The largest absolute Gasteiger partial charge is 0.464 e. The van der Waals surface area contributed by atoms with E-state index in [2.05, 4.69) is 25.6 Å². The highest BCUT2D eigenvalue weighted by atomic mass is 16.5. The lowest BCUT2D eigenvalue weighted by molar-refractivity contribution is 0.208. The number of ether oxygens (including phenoxy) is 1. The summed E-state index contributed by atoms with van der Waals surface area (Å²) in [5.41, 5.74) is 0. The summed E-state index contributed by atoms with van der Waals surface area (Å²) < 4.78 is 5.19. The number of anilines is 2. The Morgan fingerprint density at radius 2 is 2.00 bits per heavy atom. The number of hydrogen-bond acceptors (Lipinski definition) is 7. The van der Waals surface area contributed by atoms with Crippen molar-refractivity contribution in [2.24, 2.45) is 0 Å². The van der Waals surface area contributed by atoms with Crippen molar-refractivity contribution in [3.8, 4) is 6.01 Å². The number of hydrogen-bond donors (Lipinski definition) is 3. The summed E-state index contributed by atoms with van der Waals surface area (Å²) in [5.74, 6) is 0.801. The summed E-state index contributed by atoms with van der Waals surface area (Å²) in [6.45, 7) is 4.39. The first-order valence-electron chi connectivity index (χ1n) is 5.14. The van der Waals surface area contributed by atoms with E-state index >= 15 is 0 Å². The third-order valence-electron chi connectivity index (χ3n) is 1.67. The first-order chi connectivity index (χ1) is 7.65. The van der Waals surface area contributed by atoms with Crippen LogP contribution in [0.4, 0.5) is 11.9 Å². The third-order valence-corrected chi connectivity index (χ3v) is 1.67. The van der Waals surface area contributed by atoms with Gasteiger partial charge in [0.2, 0.25) is 11.9 Å². The van der Waals surface area contributed by atoms with Gasteiger partial charge in [-0.2, -0.15) is 15.0 Å². The van der Waals surface area contributed by atoms with Gasteiger partial charge >= 0.3 is 6.01 Å². The van der Waals surface area contributed by atoms with Gasteiger partial charge in [0.15, 0.2) is 0 Å². The summed E-state index contributed by atoms with van der Waals surface area (Å²) in [4.78, 5) is 12.1. The van der Waals surface area contributed by atoms with Gasteiger partial charge in [-0.05, 0) is 13.8 Å². The number of aliphatic hydroxyl groups excluding tert-OH is 1. The van der Waals surface area contributed by atoms with Gasteiger partial charge in [-0.1, -0.05) is 0 Å². The minimum atomic E-state index is -0.467. The Bertz CT molecular complexity index is 332. The minimum Gasteiger partial charge on any atom is -0.464 e. The van der Waals surface area contributed by atoms with Crippen LogP contribution in [0.5, 0.6) is 6.01 Å². The molecule has 0 saturated carbocycles. The maximum atomic E-state index is 9.13. The number of nitrogens with zero attached hydrogens (tertiary/aromatic N) is 3. The van der Waals surface area contributed by atoms with Gasteiger partial charge in [0, 0.05) is 13.6 Å². The zero-order valence-corrected chi connectivity index (χ0v) is 9.69. The van der Waals surface area contributed by atoms with Crippen molar-refractivity contribution in [3.05, 3.63) is 0 Å². The van der Waals surface area contributed by atoms with Crippen LogP contribution in [0.1, 0.15) is 13.8 Å². The van der Waals surface area contributed by atoms with Crippen LogP contribution in [0.25, 0.3) is 0 Å². The van der Waals surface area contributed by atoms with Crippen molar-refractivity contribution in [3.63, 3.8) is 0 Å². The summed E-state index contributed by atoms with van der Waals surface area (Å²) in [6, 6.07) is 0.259. The lowest BCUT2D eigenvalue weighted by Gasteiger charge is -2.09. The van der Waals surface area contributed by atoms with E-state index in [0.717, 1.165) is 0 Å². The predicted octanol–water partition coefficient (Wildman–Crippen LogP) is 0.105. The zero-order valence-electron chi connectivity index (χ0n) is 9.69. The second-order valence-corrected chi connectivity index (χ2v) is 3.18. The molecule has 1 unspecified atom stereocenters. The van der Waals surface area contributed by atoms with Crippen LogP contribution in [0.15, 0.2) is 0 Å². The molecule has 0 aliphatic heterocycles. The molecule has 1 aromatic heterocycles. The van der Waals surface area contributed by atoms with Crippen molar-refractivity contribution in [1.29, 1.82) is 0 Å². The van der Waals surface area contributed by atoms with E-state index in [9.17, 15) is 0 Å². The average molecular weight is 227 g/mol. The molecular formula is C9H17N5O2. The van der Waals surface area contributed by atoms with E-state index in [0.29, 0.717) is 25.0 Å². The van der Waals surface area contributed by atoms with E-state index in [1.807, 2.05) is 6.92 Å². The number of aliphatic hydroxyl groups is 1. The van der Waals surface area contributed by atoms with Gasteiger partial charge in [0.1, 0.15) is 0 Å². The fraction of sp³-hybridized carbons (Fsp3) is 0.667. The molecule has 0 radical (unpaired) electrons. The van der Waals surface area contributed by atoms with Crippen molar-refractivity contribution in [2.45, 2.75) is 20.0 Å². The molecular weight excluding hydrogens is 210 g/mol. The number of aromatic nitrogens is 3. The first kappa shape index (κ1) is 12.4. The average Bonchev–Trinajstić information content (AvgIpc) is 2.26. The van der Waals surface area contributed by atoms with Crippen molar-refractivity contribution in [1.82, 2.24) is 15.0 Å². The fourth-order valence-corrected chi connectivity index (χ4v) is 0.980. The molecule has 1 aromatic rings. The van der Waals surface area contributed by atoms with E-state index in [1.54, 1.807) is 14.0 Å². The molecule has 1 atom stereocenters. The molecule has 0 aliphatic carbocycles. The minimum absolute atomic E-state index is 0.259. The second kappa shape index (κ2) is 6.06. The van der Waals surface area contributed by atoms with E-state index in [4.69, 9.17) is 9.84 Å². The summed E-state index contributed by atoms with van der Waals surface area (Å²) in [7, 11) is 1.71. The van der Waals surface area contributed by atoms with Crippen LogP contribution >= 0.6 is 0 Å². The highest BCUT2D eigenvalue weighted by molar-refractivity contribution is 5.35. The molecule has 0 saturated heterocycles. The highest BCUT2D eigenvalue weighted by Gasteiger charge is 2.06. The van der Waals surface area contributed by atoms with Gasteiger partial charge in [-0.3, -0.25) is 0 Å². The second-order valence-electron chi connectivity index (χ2n) is 3.18. The molecule has 0 aliphatic rings. The Labute approximate surface area is 94.3 Å². The van der Waals surface area contributed by atoms with Crippen LogP contribution in [0.2, 0.25) is 0 Å². The summed E-state index contributed by atoms with van der Waals surface area (Å²) in [6.07, 6.45) is -0.467. The summed E-state index contributed by atoms with van der Waals surface area (Å²) >= 11 is 0. The maximum absolute atomic E-state index is 9.13. The van der Waals surface area contributed by atoms with Crippen molar-refractivity contribution < 1.29 is 9.84 Å². The Morgan fingerprint density at radius 1 is 1.31 bits per heavy atom. The van der Waals surface area contributed by atoms with E-state index in [-0.39, 0.29) is 6.01 Å². The SMILES string of the molecule is CCOc1nc(NC)nc(NCC(C)O)n1. The van der Waals surface area contributed by atoms with Gasteiger partial charge in [-0.15, -0.1) is 0 Å². The van der Waals surface area contributed by atoms with Crippen LogP contribution in [-0.2, 0) is 0 Å². The molecule has 0 bridgehead atoms. The third kappa shape index (κ3) is 3.85. The Hall–Kier alpha value is -1.63. The van der Waals surface area contributed by atoms with Crippen LogP contribution in [0.3, 0.4) is 0 Å². The standard InChI is InChI=1S/C9H17N5O2/c1-4-16-9-13-7(10-3)12-8(14-9)11-5-6(2)15/h6,15H,4-5H2,1-3H3,(H2,10,11,12,13,14). The smallest absolute Gasteiger partial charge is 0.323 e. The molecule has 0 spiro atoms. The molecule has 0 aromatic carbocycles. The van der Waals surface area contributed by atoms with E-state index in [1.165, 1.54) is 0 Å². The Kier molecular flexibility index (Phi) is 4.71. The Balaban J connectivity index is 2.77. The van der Waals surface area contributed by atoms with Crippen LogP contribution in [0, 0.1) is 0 Å². The fourth-order valence-electron chi connectivity index (χ4n) is 0.980. The molecule has 16 heavy (non-hydrogen) atoms. The lowest BCUT2D eigenvalue weighted by atomic mass is 10.4. The molecule has 1 heterocycles. The van der Waals surface area contributed by atoms with Gasteiger partial charge in [0.05, 0.1) is 12.7 Å². The maximum Gasteiger partial charge on any atom is 0.323 e. The molecule has 3 N–H and O–H groups in total. The molecule has 0 fully saturated rings. The predicted molar refractivity (Wildman–Crippen MR) is 60.7 cm³/mol. The molecule has 7 heteroatoms.